The Kier molecular flexibility index (Phi) is 4.21. The van der Waals surface area contributed by atoms with Crippen LogP contribution < -0.4 is 9.80 Å². The third kappa shape index (κ3) is 2.97. The minimum Gasteiger partial charge on any atom is -0.477 e. The van der Waals surface area contributed by atoms with Gasteiger partial charge in [-0.2, -0.15) is 10.1 Å². The lowest BCUT2D eigenvalue weighted by molar-refractivity contribution is 0.0698. The Bertz CT molecular complexity index is 901. The number of aromatic nitrogens is 4. The summed E-state index contributed by atoms with van der Waals surface area (Å²) in [5.74, 6) is 0.176. The van der Waals surface area contributed by atoms with Crippen molar-refractivity contribution < 1.29 is 14.4 Å². The molecule has 4 rings (SSSR count). The first-order valence-corrected chi connectivity index (χ1v) is 8.35. The maximum Gasteiger partial charge on any atom is 0.343 e. The number of aromatic amines is 1. The van der Waals surface area contributed by atoms with Crippen molar-refractivity contribution in [1.82, 2.24) is 20.3 Å². The highest BCUT2D eigenvalue weighted by Crippen LogP contribution is 2.32. The van der Waals surface area contributed by atoms with E-state index < -0.39 is 5.97 Å². The topological polar surface area (TPSA) is 111 Å². The number of carboxylic acid groups (broad SMARTS) is 1. The van der Waals surface area contributed by atoms with E-state index in [1.54, 1.807) is 24.3 Å². The molecular weight excluding hydrogens is 360 g/mol. The monoisotopic (exact) mass is 374 g/mol. The van der Waals surface area contributed by atoms with Crippen LogP contribution in [0.5, 0.6) is 0 Å². The Hall–Kier alpha value is -3.07. The Morgan fingerprint density at radius 2 is 1.85 bits per heavy atom. The molecule has 1 aliphatic heterocycles. The molecule has 2 aromatic heterocycles. The second-order valence-electron chi connectivity index (χ2n) is 5.81. The molecule has 1 aromatic carbocycles. The van der Waals surface area contributed by atoms with Gasteiger partial charge in [-0.25, -0.2) is 9.89 Å². The second-order valence-corrected chi connectivity index (χ2v) is 6.24. The fraction of sp³-hybridized carbons (Fsp3) is 0.250. The molecule has 3 aromatic rings. The van der Waals surface area contributed by atoms with E-state index in [2.05, 4.69) is 20.3 Å². The van der Waals surface area contributed by atoms with Crippen LogP contribution in [0.3, 0.4) is 0 Å². The number of H-pyrrole nitrogens is 1. The minimum atomic E-state index is -1.08. The van der Waals surface area contributed by atoms with Gasteiger partial charge < -0.3 is 19.4 Å². The molecule has 3 heterocycles. The highest BCUT2D eigenvalue weighted by molar-refractivity contribution is 6.30. The molecule has 134 valence electrons. The number of hydrogen-bond donors (Lipinski definition) is 2. The average Bonchev–Trinajstić information content (AvgIpc) is 3.32. The molecule has 9 nitrogen and oxygen atoms in total. The Morgan fingerprint density at radius 3 is 2.46 bits per heavy atom. The standard InChI is InChI=1S/C16H15ClN6O3/c17-11-3-1-10(2-4-11)13-12(15(24)25)14(21-26-13)22-5-7-23(8-6-22)16-18-9-19-20-16/h1-4,9H,5-8H2,(H,24,25)(H,18,19,20). The van der Waals surface area contributed by atoms with Gasteiger partial charge in [0.2, 0.25) is 5.95 Å². The van der Waals surface area contributed by atoms with Gasteiger partial charge >= 0.3 is 5.97 Å². The summed E-state index contributed by atoms with van der Waals surface area (Å²) in [5, 5.41) is 21.0. The molecule has 2 N–H and O–H groups in total. The van der Waals surface area contributed by atoms with Gasteiger partial charge in [-0.05, 0) is 24.3 Å². The number of nitrogens with one attached hydrogen (secondary N) is 1. The predicted octanol–water partition coefficient (Wildman–Crippen LogP) is 2.14. The summed E-state index contributed by atoms with van der Waals surface area (Å²) in [6.45, 7) is 2.51. The number of piperazine rings is 1. The van der Waals surface area contributed by atoms with Crippen LogP contribution in [-0.4, -0.2) is 57.6 Å². The van der Waals surface area contributed by atoms with Crippen LogP contribution in [0.25, 0.3) is 11.3 Å². The van der Waals surface area contributed by atoms with E-state index in [0.29, 0.717) is 48.5 Å². The molecule has 0 unspecified atom stereocenters. The van der Waals surface area contributed by atoms with Crippen molar-refractivity contribution in [2.45, 2.75) is 0 Å². The number of rotatable bonds is 4. The Morgan fingerprint density at radius 1 is 1.15 bits per heavy atom. The second kappa shape index (κ2) is 6.68. The van der Waals surface area contributed by atoms with Gasteiger partial charge in [0.1, 0.15) is 6.33 Å². The normalized spacial score (nSPS) is 14.7. The molecule has 0 saturated carbocycles. The van der Waals surface area contributed by atoms with E-state index in [0.717, 1.165) is 0 Å². The number of carboxylic acids is 1. The molecule has 0 aliphatic carbocycles. The van der Waals surface area contributed by atoms with Crippen molar-refractivity contribution in [2.24, 2.45) is 0 Å². The van der Waals surface area contributed by atoms with Crippen LogP contribution in [-0.2, 0) is 0 Å². The van der Waals surface area contributed by atoms with Gasteiger partial charge in [-0.15, -0.1) is 0 Å². The smallest absolute Gasteiger partial charge is 0.343 e. The molecule has 0 bridgehead atoms. The van der Waals surface area contributed by atoms with Gasteiger partial charge in [0.05, 0.1) is 0 Å². The van der Waals surface area contributed by atoms with Crippen LogP contribution in [0.15, 0.2) is 35.1 Å². The molecule has 1 aliphatic rings. The molecule has 0 atom stereocenters. The van der Waals surface area contributed by atoms with E-state index in [9.17, 15) is 9.90 Å². The molecule has 0 radical (unpaired) electrons. The van der Waals surface area contributed by atoms with Crippen LogP contribution in [0, 0.1) is 0 Å². The number of anilines is 2. The summed E-state index contributed by atoms with van der Waals surface area (Å²) >= 11 is 5.90. The predicted molar refractivity (Wildman–Crippen MR) is 94.7 cm³/mol. The van der Waals surface area contributed by atoms with E-state index in [1.165, 1.54) is 6.33 Å². The summed E-state index contributed by atoms with van der Waals surface area (Å²) in [7, 11) is 0. The highest BCUT2D eigenvalue weighted by Gasteiger charge is 2.29. The molecule has 26 heavy (non-hydrogen) atoms. The Balaban J connectivity index is 1.59. The van der Waals surface area contributed by atoms with Crippen LogP contribution in [0.1, 0.15) is 10.4 Å². The van der Waals surface area contributed by atoms with Gasteiger partial charge in [0.15, 0.2) is 17.1 Å². The molecule has 0 spiro atoms. The maximum atomic E-state index is 11.9. The zero-order chi connectivity index (χ0) is 18.1. The first-order chi connectivity index (χ1) is 12.6. The zero-order valence-corrected chi connectivity index (χ0v) is 14.3. The average molecular weight is 375 g/mol. The van der Waals surface area contributed by atoms with Crippen LogP contribution in [0.4, 0.5) is 11.8 Å². The fourth-order valence-corrected chi connectivity index (χ4v) is 3.10. The lowest BCUT2D eigenvalue weighted by Crippen LogP contribution is -2.47. The van der Waals surface area contributed by atoms with Crippen molar-refractivity contribution in [1.29, 1.82) is 0 Å². The summed E-state index contributed by atoms with van der Waals surface area (Å²) in [5.41, 5.74) is 0.672. The highest BCUT2D eigenvalue weighted by atomic mass is 35.5. The number of aromatic carboxylic acids is 1. The van der Waals surface area contributed by atoms with Gasteiger partial charge in [-0.3, -0.25) is 0 Å². The largest absolute Gasteiger partial charge is 0.477 e. The summed E-state index contributed by atoms with van der Waals surface area (Å²) in [6.07, 6.45) is 1.46. The van der Waals surface area contributed by atoms with E-state index >= 15 is 0 Å². The maximum absolute atomic E-state index is 11.9. The number of halogens is 1. The SMILES string of the molecule is O=C(O)c1c(N2CCN(c3ncn[nH]3)CC2)noc1-c1ccc(Cl)cc1. The molecule has 1 saturated heterocycles. The van der Waals surface area contributed by atoms with E-state index in [-0.39, 0.29) is 11.3 Å². The summed E-state index contributed by atoms with van der Waals surface area (Å²) in [4.78, 5) is 19.9. The first-order valence-electron chi connectivity index (χ1n) is 7.97. The number of carbonyl (C=O) groups is 1. The van der Waals surface area contributed by atoms with Crippen molar-refractivity contribution in [2.75, 3.05) is 36.0 Å². The fourth-order valence-electron chi connectivity index (χ4n) is 2.97. The molecule has 1 fully saturated rings. The van der Waals surface area contributed by atoms with Gasteiger partial charge in [0.25, 0.3) is 0 Å². The summed E-state index contributed by atoms with van der Waals surface area (Å²) < 4.78 is 5.38. The minimum absolute atomic E-state index is 0.0560. The summed E-state index contributed by atoms with van der Waals surface area (Å²) in [6, 6.07) is 6.78. The zero-order valence-electron chi connectivity index (χ0n) is 13.6. The lowest BCUT2D eigenvalue weighted by atomic mass is 10.1. The third-order valence-corrected chi connectivity index (χ3v) is 4.53. The van der Waals surface area contributed by atoms with Crippen molar-refractivity contribution in [3.63, 3.8) is 0 Å². The third-order valence-electron chi connectivity index (χ3n) is 4.28. The van der Waals surface area contributed by atoms with Gasteiger partial charge in [-0.1, -0.05) is 16.8 Å². The lowest BCUT2D eigenvalue weighted by Gasteiger charge is -2.34. The Labute approximate surface area is 153 Å². The molecular formula is C16H15ClN6O3. The van der Waals surface area contributed by atoms with Crippen molar-refractivity contribution in [3.8, 4) is 11.3 Å². The van der Waals surface area contributed by atoms with Crippen LogP contribution >= 0.6 is 11.6 Å². The molecule has 10 heteroatoms. The quantitative estimate of drug-likeness (QED) is 0.714. The van der Waals surface area contributed by atoms with Crippen molar-refractivity contribution in [3.05, 3.63) is 41.2 Å². The van der Waals surface area contributed by atoms with Crippen LogP contribution in [0.2, 0.25) is 5.02 Å². The number of hydrogen-bond acceptors (Lipinski definition) is 7. The van der Waals surface area contributed by atoms with Gasteiger partial charge in [0, 0.05) is 36.8 Å². The van der Waals surface area contributed by atoms with E-state index in [4.69, 9.17) is 16.1 Å². The van der Waals surface area contributed by atoms with Crippen molar-refractivity contribution >= 4 is 29.3 Å². The number of benzene rings is 1. The van der Waals surface area contributed by atoms with E-state index in [1.807, 2.05) is 9.80 Å². The number of nitrogens with zero attached hydrogens (tertiary/aromatic N) is 5. The molecule has 0 amide bonds. The first kappa shape index (κ1) is 16.4.